The van der Waals surface area contributed by atoms with Crippen LogP contribution in [0.3, 0.4) is 0 Å². The maximum absolute atomic E-state index is 8.77. The highest BCUT2D eigenvalue weighted by molar-refractivity contribution is 5.69. The third-order valence-corrected chi connectivity index (χ3v) is 2.53. The second-order valence-electron chi connectivity index (χ2n) is 3.92. The molecule has 0 aliphatic heterocycles. The standard InChI is InChI=1S/C10H12N4/c1-10(3-4-10)14-9-8(12)7(6-11)2-5-13-9/h2,5H,3-4,12H2,1H3,(H,13,14). The van der Waals surface area contributed by atoms with E-state index in [1.807, 2.05) is 6.07 Å². The normalized spacial score (nSPS) is 17.1. The summed E-state index contributed by atoms with van der Waals surface area (Å²) in [4.78, 5) is 4.13. The average Bonchev–Trinajstić information content (AvgIpc) is 2.88. The Morgan fingerprint density at radius 2 is 2.36 bits per heavy atom. The summed E-state index contributed by atoms with van der Waals surface area (Å²) in [5.74, 6) is 0.629. The van der Waals surface area contributed by atoms with Crippen molar-refractivity contribution >= 4 is 11.5 Å². The van der Waals surface area contributed by atoms with Crippen molar-refractivity contribution in [1.82, 2.24) is 4.98 Å². The van der Waals surface area contributed by atoms with Crippen LogP contribution in [0, 0.1) is 11.3 Å². The summed E-state index contributed by atoms with van der Waals surface area (Å²) in [6.07, 6.45) is 3.86. The van der Waals surface area contributed by atoms with Crippen LogP contribution in [0.5, 0.6) is 0 Å². The lowest BCUT2D eigenvalue weighted by molar-refractivity contribution is 0.822. The van der Waals surface area contributed by atoms with Crippen LogP contribution >= 0.6 is 0 Å². The Bertz CT molecular complexity index is 401. The summed E-state index contributed by atoms with van der Waals surface area (Å²) in [5, 5.41) is 12.0. The Morgan fingerprint density at radius 3 is 2.93 bits per heavy atom. The number of rotatable bonds is 2. The van der Waals surface area contributed by atoms with Crippen molar-refractivity contribution in [3.05, 3.63) is 17.8 Å². The lowest BCUT2D eigenvalue weighted by atomic mass is 10.2. The van der Waals surface area contributed by atoms with Gasteiger partial charge >= 0.3 is 0 Å². The zero-order valence-electron chi connectivity index (χ0n) is 8.04. The highest BCUT2D eigenvalue weighted by Gasteiger charge is 2.37. The van der Waals surface area contributed by atoms with E-state index in [1.54, 1.807) is 12.3 Å². The van der Waals surface area contributed by atoms with E-state index in [-0.39, 0.29) is 5.54 Å². The van der Waals surface area contributed by atoms with Crippen molar-refractivity contribution in [3.63, 3.8) is 0 Å². The quantitative estimate of drug-likeness (QED) is 0.737. The summed E-state index contributed by atoms with van der Waals surface area (Å²) in [7, 11) is 0. The Kier molecular flexibility index (Phi) is 1.81. The third-order valence-electron chi connectivity index (χ3n) is 2.53. The molecule has 0 unspecified atom stereocenters. The molecule has 1 aliphatic carbocycles. The minimum atomic E-state index is 0.134. The number of nitrogens with two attached hydrogens (primary N) is 1. The lowest BCUT2D eigenvalue weighted by Crippen LogP contribution is -2.18. The Hall–Kier alpha value is -1.76. The summed E-state index contributed by atoms with van der Waals surface area (Å²) in [5.41, 5.74) is 6.84. The number of hydrogen-bond acceptors (Lipinski definition) is 4. The van der Waals surface area contributed by atoms with Gasteiger partial charge in [-0.05, 0) is 25.8 Å². The van der Waals surface area contributed by atoms with Gasteiger partial charge in [0.1, 0.15) is 6.07 Å². The fourth-order valence-corrected chi connectivity index (χ4v) is 1.27. The number of aromatic nitrogens is 1. The smallest absolute Gasteiger partial charge is 0.150 e. The molecular formula is C10H12N4. The maximum Gasteiger partial charge on any atom is 0.150 e. The minimum Gasteiger partial charge on any atom is -0.395 e. The van der Waals surface area contributed by atoms with Crippen LogP contribution in [-0.2, 0) is 0 Å². The van der Waals surface area contributed by atoms with Gasteiger partial charge in [-0.3, -0.25) is 0 Å². The van der Waals surface area contributed by atoms with Crippen molar-refractivity contribution in [2.75, 3.05) is 11.1 Å². The predicted octanol–water partition coefficient (Wildman–Crippen LogP) is 1.50. The van der Waals surface area contributed by atoms with E-state index < -0.39 is 0 Å². The van der Waals surface area contributed by atoms with Gasteiger partial charge in [-0.1, -0.05) is 0 Å². The van der Waals surface area contributed by atoms with Gasteiger partial charge in [0.15, 0.2) is 5.82 Å². The lowest BCUT2D eigenvalue weighted by Gasteiger charge is -2.14. The second-order valence-corrected chi connectivity index (χ2v) is 3.92. The van der Waals surface area contributed by atoms with Crippen LogP contribution in [0.15, 0.2) is 12.3 Å². The number of pyridine rings is 1. The molecule has 1 aromatic heterocycles. The third kappa shape index (κ3) is 1.49. The van der Waals surface area contributed by atoms with Crippen LogP contribution in [0.25, 0.3) is 0 Å². The van der Waals surface area contributed by atoms with Crippen LogP contribution in [0.1, 0.15) is 25.3 Å². The van der Waals surface area contributed by atoms with E-state index in [4.69, 9.17) is 11.0 Å². The van der Waals surface area contributed by atoms with Gasteiger partial charge in [0, 0.05) is 11.7 Å². The molecule has 4 heteroatoms. The summed E-state index contributed by atoms with van der Waals surface area (Å²) >= 11 is 0. The highest BCUT2D eigenvalue weighted by atomic mass is 15.1. The van der Waals surface area contributed by atoms with Crippen molar-refractivity contribution < 1.29 is 0 Å². The fraction of sp³-hybridized carbons (Fsp3) is 0.400. The first kappa shape index (κ1) is 8.82. The van der Waals surface area contributed by atoms with Gasteiger partial charge in [0.05, 0.1) is 11.3 Å². The molecule has 0 amide bonds. The van der Waals surface area contributed by atoms with Crippen molar-refractivity contribution in [1.29, 1.82) is 5.26 Å². The number of nitrogen functional groups attached to an aromatic ring is 1. The highest BCUT2D eigenvalue weighted by Crippen LogP contribution is 2.39. The van der Waals surface area contributed by atoms with Gasteiger partial charge in [0.2, 0.25) is 0 Å². The zero-order valence-corrected chi connectivity index (χ0v) is 8.04. The molecular weight excluding hydrogens is 176 g/mol. The van der Waals surface area contributed by atoms with Gasteiger partial charge in [-0.2, -0.15) is 5.26 Å². The first-order chi connectivity index (χ1) is 6.64. The molecule has 1 aromatic rings. The molecule has 0 atom stereocenters. The monoisotopic (exact) mass is 188 g/mol. The first-order valence-electron chi connectivity index (χ1n) is 4.57. The topological polar surface area (TPSA) is 74.7 Å². The van der Waals surface area contributed by atoms with Crippen LogP contribution in [0.2, 0.25) is 0 Å². The summed E-state index contributed by atoms with van der Waals surface area (Å²) < 4.78 is 0. The van der Waals surface area contributed by atoms with Gasteiger partial charge in [0.25, 0.3) is 0 Å². The van der Waals surface area contributed by atoms with Crippen LogP contribution in [-0.4, -0.2) is 10.5 Å². The van der Waals surface area contributed by atoms with Crippen molar-refractivity contribution in [2.45, 2.75) is 25.3 Å². The molecule has 2 rings (SSSR count). The van der Waals surface area contributed by atoms with Crippen LogP contribution in [0.4, 0.5) is 11.5 Å². The number of nitriles is 1. The van der Waals surface area contributed by atoms with Gasteiger partial charge in [-0.25, -0.2) is 4.98 Å². The Balaban J connectivity index is 2.30. The molecule has 0 saturated heterocycles. The molecule has 0 radical (unpaired) electrons. The molecule has 0 aromatic carbocycles. The summed E-state index contributed by atoms with van der Waals surface area (Å²) in [6, 6.07) is 3.66. The molecule has 1 heterocycles. The van der Waals surface area contributed by atoms with E-state index in [1.165, 1.54) is 0 Å². The van der Waals surface area contributed by atoms with Crippen LogP contribution < -0.4 is 11.1 Å². The SMILES string of the molecule is CC1(Nc2nccc(C#N)c2N)CC1. The first-order valence-corrected chi connectivity index (χ1v) is 4.57. The predicted molar refractivity (Wildman–Crippen MR) is 54.6 cm³/mol. The molecule has 3 N–H and O–H groups in total. The van der Waals surface area contributed by atoms with E-state index in [0.717, 1.165) is 12.8 Å². The fourth-order valence-electron chi connectivity index (χ4n) is 1.27. The Morgan fingerprint density at radius 1 is 1.64 bits per heavy atom. The number of hydrogen-bond donors (Lipinski definition) is 2. The van der Waals surface area contributed by atoms with E-state index in [2.05, 4.69) is 17.2 Å². The van der Waals surface area contributed by atoms with Crippen molar-refractivity contribution in [3.8, 4) is 6.07 Å². The molecule has 72 valence electrons. The molecule has 0 spiro atoms. The van der Waals surface area contributed by atoms with E-state index >= 15 is 0 Å². The second kappa shape index (κ2) is 2.88. The average molecular weight is 188 g/mol. The van der Waals surface area contributed by atoms with Crippen molar-refractivity contribution in [2.24, 2.45) is 0 Å². The van der Waals surface area contributed by atoms with Gasteiger partial charge < -0.3 is 11.1 Å². The molecule has 1 aliphatic rings. The minimum absolute atomic E-state index is 0.134. The van der Waals surface area contributed by atoms with Gasteiger partial charge in [-0.15, -0.1) is 0 Å². The van der Waals surface area contributed by atoms with E-state index in [0.29, 0.717) is 17.1 Å². The molecule has 14 heavy (non-hydrogen) atoms. The maximum atomic E-state index is 8.77. The molecule has 4 nitrogen and oxygen atoms in total. The zero-order chi connectivity index (χ0) is 10.2. The Labute approximate surface area is 82.8 Å². The molecule has 1 fully saturated rings. The number of nitrogens with zero attached hydrogens (tertiary/aromatic N) is 2. The summed E-state index contributed by atoms with van der Waals surface area (Å²) in [6.45, 7) is 2.12. The molecule has 1 saturated carbocycles. The largest absolute Gasteiger partial charge is 0.395 e. The van der Waals surface area contributed by atoms with E-state index in [9.17, 15) is 0 Å². The molecule has 0 bridgehead atoms. The number of anilines is 2. The number of nitrogens with one attached hydrogen (secondary N) is 1.